The van der Waals surface area contributed by atoms with Gasteiger partial charge in [0, 0.05) is 46.3 Å². The van der Waals surface area contributed by atoms with Crippen molar-refractivity contribution in [3.63, 3.8) is 0 Å². The summed E-state index contributed by atoms with van der Waals surface area (Å²) < 4.78 is 0. The van der Waals surface area contributed by atoms with Gasteiger partial charge in [-0.05, 0) is 18.9 Å². The lowest BCUT2D eigenvalue weighted by Crippen LogP contribution is -2.59. The number of aryl methyl sites for hydroxylation is 1. The van der Waals surface area contributed by atoms with Crippen LogP contribution >= 0.6 is 0 Å². The number of hydrogen-bond acceptors (Lipinski definition) is 3. The summed E-state index contributed by atoms with van der Waals surface area (Å²) in [5, 5.41) is 2.67. The summed E-state index contributed by atoms with van der Waals surface area (Å²) in [7, 11) is 1.64. The van der Waals surface area contributed by atoms with Gasteiger partial charge >= 0.3 is 6.03 Å². The lowest BCUT2D eigenvalue weighted by atomic mass is 10.1. The third-order valence-electron chi connectivity index (χ3n) is 4.92. The second kappa shape index (κ2) is 7.21. The van der Waals surface area contributed by atoms with Gasteiger partial charge in [-0.1, -0.05) is 29.8 Å². The molecule has 0 spiro atoms. The third kappa shape index (κ3) is 3.53. The van der Waals surface area contributed by atoms with E-state index in [0.29, 0.717) is 19.6 Å². The molecule has 1 unspecified atom stereocenters. The van der Waals surface area contributed by atoms with Crippen LogP contribution in [-0.4, -0.2) is 72.5 Å². The van der Waals surface area contributed by atoms with Gasteiger partial charge in [0.15, 0.2) is 0 Å². The summed E-state index contributed by atoms with van der Waals surface area (Å²) in [5.41, 5.74) is 2.37. The zero-order valence-corrected chi connectivity index (χ0v) is 14.5. The minimum Gasteiger partial charge on any atom is -0.341 e. The molecule has 0 bridgehead atoms. The Labute approximate surface area is 143 Å². The number of benzene rings is 1. The van der Waals surface area contributed by atoms with Gasteiger partial charge in [0.2, 0.25) is 5.91 Å². The number of urea groups is 1. The molecule has 1 aromatic carbocycles. The van der Waals surface area contributed by atoms with E-state index in [9.17, 15) is 9.59 Å². The van der Waals surface area contributed by atoms with E-state index in [1.807, 2.05) is 11.0 Å². The van der Waals surface area contributed by atoms with Crippen LogP contribution in [0.4, 0.5) is 4.79 Å². The molecule has 3 amide bonds. The Morgan fingerprint density at radius 1 is 1.25 bits per heavy atom. The molecule has 1 atom stereocenters. The van der Waals surface area contributed by atoms with Crippen molar-refractivity contribution in [1.82, 2.24) is 20.0 Å². The molecule has 0 saturated carbocycles. The summed E-state index contributed by atoms with van der Waals surface area (Å²) >= 11 is 0. The van der Waals surface area contributed by atoms with Gasteiger partial charge in [-0.2, -0.15) is 0 Å². The smallest absolute Gasteiger partial charge is 0.317 e. The molecule has 2 fully saturated rings. The molecule has 2 heterocycles. The number of nitrogens with one attached hydrogen (secondary N) is 1. The van der Waals surface area contributed by atoms with Crippen molar-refractivity contribution < 1.29 is 9.59 Å². The molecular formula is C18H26N4O2. The number of nitrogens with zero attached hydrogens (tertiary/aromatic N) is 3. The largest absolute Gasteiger partial charge is 0.341 e. The number of piperazine rings is 1. The number of amides is 3. The fourth-order valence-electron chi connectivity index (χ4n) is 3.64. The molecule has 1 aromatic rings. The van der Waals surface area contributed by atoms with Crippen LogP contribution in [-0.2, 0) is 11.3 Å². The van der Waals surface area contributed by atoms with E-state index in [1.165, 1.54) is 5.56 Å². The molecule has 0 radical (unpaired) electrons. The van der Waals surface area contributed by atoms with Crippen molar-refractivity contribution in [3.8, 4) is 0 Å². The molecule has 1 N–H and O–H groups in total. The summed E-state index contributed by atoms with van der Waals surface area (Å²) in [6.45, 7) is 6.40. The normalized spacial score (nSPS) is 22.1. The summed E-state index contributed by atoms with van der Waals surface area (Å²) in [5.74, 6) is 0.138. The van der Waals surface area contributed by atoms with Gasteiger partial charge in [0.25, 0.3) is 0 Å². The van der Waals surface area contributed by atoms with Crippen molar-refractivity contribution in [3.05, 3.63) is 35.4 Å². The summed E-state index contributed by atoms with van der Waals surface area (Å²) in [4.78, 5) is 30.9. The van der Waals surface area contributed by atoms with Crippen molar-refractivity contribution in [2.75, 3.05) is 39.8 Å². The zero-order valence-electron chi connectivity index (χ0n) is 14.5. The predicted molar refractivity (Wildman–Crippen MR) is 92.6 cm³/mol. The van der Waals surface area contributed by atoms with E-state index in [-0.39, 0.29) is 18.0 Å². The maximum atomic E-state index is 13.0. The van der Waals surface area contributed by atoms with Crippen LogP contribution in [0.1, 0.15) is 17.5 Å². The SMILES string of the molecule is CNC(=O)N1CCCN2CCN(Cc3cccc(C)c3)C(=O)C2C1. The fourth-order valence-corrected chi connectivity index (χ4v) is 3.64. The molecule has 6 heteroatoms. The van der Waals surface area contributed by atoms with Crippen LogP contribution < -0.4 is 5.32 Å². The highest BCUT2D eigenvalue weighted by Crippen LogP contribution is 2.19. The van der Waals surface area contributed by atoms with E-state index < -0.39 is 0 Å². The minimum absolute atomic E-state index is 0.0968. The van der Waals surface area contributed by atoms with E-state index in [2.05, 4.69) is 35.3 Å². The van der Waals surface area contributed by atoms with E-state index in [1.54, 1.807) is 11.9 Å². The highest BCUT2D eigenvalue weighted by Gasteiger charge is 2.38. The quantitative estimate of drug-likeness (QED) is 0.882. The first-order valence-electron chi connectivity index (χ1n) is 8.63. The standard InChI is InChI=1S/C18H26N4O2/c1-14-5-3-6-15(11-14)12-21-10-9-20-7-4-8-22(18(24)19-2)13-16(20)17(21)23/h3,5-6,11,16H,4,7-10,12-13H2,1-2H3,(H,19,24). The van der Waals surface area contributed by atoms with Crippen molar-refractivity contribution in [2.45, 2.75) is 25.9 Å². The zero-order chi connectivity index (χ0) is 17.1. The molecular weight excluding hydrogens is 304 g/mol. The summed E-state index contributed by atoms with van der Waals surface area (Å²) in [6, 6.07) is 7.98. The predicted octanol–water partition coefficient (Wildman–Crippen LogP) is 1.05. The Hall–Kier alpha value is -2.08. The maximum absolute atomic E-state index is 13.0. The van der Waals surface area contributed by atoms with Gasteiger partial charge in [0.05, 0.1) is 0 Å². The Morgan fingerprint density at radius 2 is 2.08 bits per heavy atom. The van der Waals surface area contributed by atoms with Crippen LogP contribution in [0.15, 0.2) is 24.3 Å². The second-order valence-electron chi connectivity index (χ2n) is 6.66. The topological polar surface area (TPSA) is 55.9 Å². The molecule has 2 aliphatic heterocycles. The third-order valence-corrected chi connectivity index (χ3v) is 4.92. The Bertz CT molecular complexity index is 619. The number of rotatable bonds is 2. The number of fused-ring (bicyclic) bond motifs is 1. The minimum atomic E-state index is -0.219. The monoisotopic (exact) mass is 330 g/mol. The van der Waals surface area contributed by atoms with Crippen LogP contribution in [0.3, 0.4) is 0 Å². The molecule has 3 rings (SSSR count). The van der Waals surface area contributed by atoms with Crippen molar-refractivity contribution in [2.24, 2.45) is 0 Å². The lowest BCUT2D eigenvalue weighted by molar-refractivity contribution is -0.142. The molecule has 130 valence electrons. The summed E-state index contributed by atoms with van der Waals surface area (Å²) in [6.07, 6.45) is 0.912. The van der Waals surface area contributed by atoms with E-state index in [4.69, 9.17) is 0 Å². The fraction of sp³-hybridized carbons (Fsp3) is 0.556. The van der Waals surface area contributed by atoms with Crippen LogP contribution in [0.5, 0.6) is 0 Å². The van der Waals surface area contributed by atoms with Gasteiger partial charge < -0.3 is 15.1 Å². The van der Waals surface area contributed by atoms with Gasteiger partial charge in [-0.25, -0.2) is 4.79 Å². The average molecular weight is 330 g/mol. The molecule has 2 aliphatic rings. The van der Waals surface area contributed by atoms with Gasteiger partial charge in [0.1, 0.15) is 6.04 Å². The van der Waals surface area contributed by atoms with E-state index in [0.717, 1.165) is 31.6 Å². The average Bonchev–Trinajstić information content (AvgIpc) is 2.80. The van der Waals surface area contributed by atoms with Crippen molar-refractivity contribution >= 4 is 11.9 Å². The van der Waals surface area contributed by atoms with Crippen molar-refractivity contribution in [1.29, 1.82) is 0 Å². The first-order chi connectivity index (χ1) is 11.6. The lowest BCUT2D eigenvalue weighted by Gasteiger charge is -2.40. The first kappa shape index (κ1) is 16.8. The molecule has 0 aromatic heterocycles. The number of carbonyl (C=O) groups excluding carboxylic acids is 2. The molecule has 0 aliphatic carbocycles. The molecule has 24 heavy (non-hydrogen) atoms. The molecule has 6 nitrogen and oxygen atoms in total. The molecule has 2 saturated heterocycles. The Morgan fingerprint density at radius 3 is 2.83 bits per heavy atom. The first-order valence-corrected chi connectivity index (χ1v) is 8.63. The van der Waals surface area contributed by atoms with Crippen LogP contribution in [0.25, 0.3) is 0 Å². The highest BCUT2D eigenvalue weighted by atomic mass is 16.2. The van der Waals surface area contributed by atoms with E-state index >= 15 is 0 Å². The Balaban J connectivity index is 1.72. The van der Waals surface area contributed by atoms with Gasteiger partial charge in [-0.3, -0.25) is 9.69 Å². The number of carbonyl (C=O) groups is 2. The Kier molecular flexibility index (Phi) is 5.04. The number of hydrogen-bond donors (Lipinski definition) is 1. The van der Waals surface area contributed by atoms with Crippen LogP contribution in [0.2, 0.25) is 0 Å². The van der Waals surface area contributed by atoms with Gasteiger partial charge in [-0.15, -0.1) is 0 Å². The maximum Gasteiger partial charge on any atom is 0.317 e. The highest BCUT2D eigenvalue weighted by molar-refractivity contribution is 5.84. The van der Waals surface area contributed by atoms with Crippen LogP contribution in [0, 0.1) is 6.92 Å². The second-order valence-corrected chi connectivity index (χ2v) is 6.66.